The molecule has 5 heteroatoms. The highest BCUT2D eigenvalue weighted by Crippen LogP contribution is 2.33. The molecule has 0 aromatic heterocycles. The number of nitrogens with one attached hydrogen (secondary N) is 1. The van der Waals surface area contributed by atoms with Crippen molar-refractivity contribution in [3.05, 3.63) is 62.3 Å². The molecule has 2 aromatic carbocycles. The summed E-state index contributed by atoms with van der Waals surface area (Å²) in [7, 11) is 3.47. The van der Waals surface area contributed by atoms with E-state index in [1.54, 1.807) is 13.2 Å². The van der Waals surface area contributed by atoms with Crippen LogP contribution in [0.2, 0.25) is 0 Å². The molecule has 1 N–H and O–H groups in total. The molecule has 0 bridgehead atoms. The molecule has 0 saturated heterocycles. The van der Waals surface area contributed by atoms with Gasteiger partial charge in [-0.1, -0.05) is 18.2 Å². The van der Waals surface area contributed by atoms with E-state index in [-0.39, 0.29) is 11.9 Å². The smallest absolute Gasteiger partial charge is 0.137 e. The monoisotopic (exact) mass is 401 g/mol. The second-order valence-electron chi connectivity index (χ2n) is 4.26. The maximum Gasteiger partial charge on any atom is 0.137 e. The van der Waals surface area contributed by atoms with Crippen molar-refractivity contribution >= 4 is 31.9 Å². The fourth-order valence-corrected chi connectivity index (χ4v) is 3.16. The highest BCUT2D eigenvalue weighted by atomic mass is 79.9. The van der Waals surface area contributed by atoms with Crippen molar-refractivity contribution in [3.63, 3.8) is 0 Å². The average molecular weight is 403 g/mol. The van der Waals surface area contributed by atoms with Crippen LogP contribution in [0.3, 0.4) is 0 Å². The van der Waals surface area contributed by atoms with Gasteiger partial charge in [0.2, 0.25) is 0 Å². The van der Waals surface area contributed by atoms with E-state index in [0.29, 0.717) is 4.47 Å². The van der Waals surface area contributed by atoms with Crippen LogP contribution in [0.1, 0.15) is 17.2 Å². The number of methoxy groups -OCH3 is 1. The molecule has 2 nitrogen and oxygen atoms in total. The van der Waals surface area contributed by atoms with Crippen LogP contribution in [0.4, 0.5) is 4.39 Å². The largest absolute Gasteiger partial charge is 0.496 e. The predicted octanol–water partition coefficient (Wildman–Crippen LogP) is 4.67. The zero-order valence-corrected chi connectivity index (χ0v) is 14.3. The zero-order valence-electron chi connectivity index (χ0n) is 11.1. The molecule has 1 unspecified atom stereocenters. The van der Waals surface area contributed by atoms with E-state index in [2.05, 4.69) is 37.2 Å². The van der Waals surface area contributed by atoms with Gasteiger partial charge in [0.1, 0.15) is 11.6 Å². The molecule has 0 aliphatic carbocycles. The van der Waals surface area contributed by atoms with Crippen molar-refractivity contribution in [2.75, 3.05) is 14.2 Å². The van der Waals surface area contributed by atoms with Crippen molar-refractivity contribution in [2.24, 2.45) is 0 Å². The summed E-state index contributed by atoms with van der Waals surface area (Å²) in [5.41, 5.74) is 1.87. The molecule has 0 heterocycles. The third-order valence-corrected chi connectivity index (χ3v) is 4.55. The number of rotatable bonds is 4. The fraction of sp³-hybridized carbons (Fsp3) is 0.200. The molecule has 0 saturated carbocycles. The topological polar surface area (TPSA) is 21.3 Å². The Bertz CT molecular complexity index is 619. The maximum atomic E-state index is 13.7. The Balaban J connectivity index is 2.47. The first-order valence-corrected chi connectivity index (χ1v) is 7.61. The van der Waals surface area contributed by atoms with Gasteiger partial charge in [-0.25, -0.2) is 4.39 Å². The van der Waals surface area contributed by atoms with Crippen molar-refractivity contribution < 1.29 is 9.13 Å². The average Bonchev–Trinajstić information content (AvgIpc) is 2.44. The van der Waals surface area contributed by atoms with E-state index in [1.165, 1.54) is 6.07 Å². The molecule has 20 heavy (non-hydrogen) atoms. The second kappa shape index (κ2) is 6.70. The standard InChI is InChI=1S/C15H14Br2FNO/c1-19-15(10-4-3-5-12(18)14(10)17)9-6-7-13(20-2)11(16)8-9/h3-8,15,19H,1-2H3. The SMILES string of the molecule is CNC(c1ccc(OC)c(Br)c1)c1cccc(F)c1Br. The zero-order chi connectivity index (χ0) is 14.7. The van der Waals surface area contributed by atoms with Crippen LogP contribution in [-0.4, -0.2) is 14.2 Å². The molecular formula is C15H14Br2FNO. The number of hydrogen-bond acceptors (Lipinski definition) is 2. The lowest BCUT2D eigenvalue weighted by Gasteiger charge is -2.20. The summed E-state index contributed by atoms with van der Waals surface area (Å²) >= 11 is 6.79. The van der Waals surface area contributed by atoms with E-state index < -0.39 is 0 Å². The van der Waals surface area contributed by atoms with E-state index in [1.807, 2.05) is 31.3 Å². The summed E-state index contributed by atoms with van der Waals surface area (Å²) in [6, 6.07) is 10.7. The van der Waals surface area contributed by atoms with Crippen LogP contribution in [0, 0.1) is 5.82 Å². The van der Waals surface area contributed by atoms with Gasteiger partial charge in [-0.3, -0.25) is 0 Å². The summed E-state index contributed by atoms with van der Waals surface area (Å²) < 4.78 is 20.3. The highest BCUT2D eigenvalue weighted by molar-refractivity contribution is 9.10. The van der Waals surface area contributed by atoms with Gasteiger partial charge in [0.05, 0.1) is 22.1 Å². The quantitative estimate of drug-likeness (QED) is 0.802. The predicted molar refractivity (Wildman–Crippen MR) is 85.7 cm³/mol. The van der Waals surface area contributed by atoms with Crippen molar-refractivity contribution in [3.8, 4) is 5.75 Å². The van der Waals surface area contributed by atoms with Gasteiger partial charge in [0.15, 0.2) is 0 Å². The van der Waals surface area contributed by atoms with Gasteiger partial charge < -0.3 is 10.1 Å². The maximum absolute atomic E-state index is 13.7. The first-order valence-electron chi connectivity index (χ1n) is 6.03. The van der Waals surface area contributed by atoms with Crippen molar-refractivity contribution in [2.45, 2.75) is 6.04 Å². The normalized spacial score (nSPS) is 12.2. The van der Waals surface area contributed by atoms with Gasteiger partial charge in [-0.15, -0.1) is 0 Å². The fourth-order valence-electron chi connectivity index (χ4n) is 2.11. The van der Waals surface area contributed by atoms with E-state index in [0.717, 1.165) is 21.3 Å². The number of halogens is 3. The number of hydrogen-bond donors (Lipinski definition) is 1. The molecular weight excluding hydrogens is 389 g/mol. The van der Waals surface area contributed by atoms with Gasteiger partial charge in [0.25, 0.3) is 0 Å². The second-order valence-corrected chi connectivity index (χ2v) is 5.91. The molecule has 2 aromatic rings. The summed E-state index contributed by atoms with van der Waals surface area (Å²) in [5, 5.41) is 3.21. The Morgan fingerprint density at radius 2 is 1.95 bits per heavy atom. The number of ether oxygens (including phenoxy) is 1. The molecule has 2 rings (SSSR count). The van der Waals surface area contributed by atoms with Gasteiger partial charge in [0, 0.05) is 0 Å². The van der Waals surface area contributed by atoms with Crippen LogP contribution < -0.4 is 10.1 Å². The number of benzene rings is 2. The summed E-state index contributed by atoms with van der Waals surface area (Å²) in [4.78, 5) is 0. The third-order valence-electron chi connectivity index (χ3n) is 3.09. The molecule has 0 fully saturated rings. The Kier molecular flexibility index (Phi) is 5.18. The summed E-state index contributed by atoms with van der Waals surface area (Å²) in [6.07, 6.45) is 0. The van der Waals surface area contributed by atoms with Crippen molar-refractivity contribution in [1.82, 2.24) is 5.32 Å². The minimum Gasteiger partial charge on any atom is -0.496 e. The third kappa shape index (κ3) is 3.05. The molecule has 0 aliphatic heterocycles. The van der Waals surface area contributed by atoms with E-state index >= 15 is 0 Å². The lowest BCUT2D eigenvalue weighted by molar-refractivity contribution is 0.412. The molecule has 0 radical (unpaired) electrons. The Labute approximate surface area is 134 Å². The Morgan fingerprint density at radius 3 is 2.55 bits per heavy atom. The first kappa shape index (κ1) is 15.5. The molecule has 0 spiro atoms. The van der Waals surface area contributed by atoms with E-state index in [4.69, 9.17) is 4.74 Å². The Hall–Kier alpha value is -0.910. The lowest BCUT2D eigenvalue weighted by Crippen LogP contribution is -2.18. The van der Waals surface area contributed by atoms with Gasteiger partial charge in [-0.2, -0.15) is 0 Å². The van der Waals surface area contributed by atoms with Crippen LogP contribution in [0.5, 0.6) is 5.75 Å². The molecule has 0 amide bonds. The first-order chi connectivity index (χ1) is 9.58. The van der Waals surface area contributed by atoms with Crippen LogP contribution in [0.15, 0.2) is 45.3 Å². The molecule has 1 atom stereocenters. The highest BCUT2D eigenvalue weighted by Gasteiger charge is 2.18. The lowest BCUT2D eigenvalue weighted by atomic mass is 9.98. The minimum atomic E-state index is -0.268. The Morgan fingerprint density at radius 1 is 1.20 bits per heavy atom. The summed E-state index contributed by atoms with van der Waals surface area (Å²) in [5.74, 6) is 0.497. The minimum absolute atomic E-state index is 0.109. The van der Waals surface area contributed by atoms with Gasteiger partial charge >= 0.3 is 0 Å². The van der Waals surface area contributed by atoms with Crippen LogP contribution in [0.25, 0.3) is 0 Å². The van der Waals surface area contributed by atoms with Crippen LogP contribution >= 0.6 is 31.9 Å². The molecule has 0 aliphatic rings. The molecule has 106 valence electrons. The van der Waals surface area contributed by atoms with Crippen LogP contribution in [-0.2, 0) is 0 Å². The van der Waals surface area contributed by atoms with Gasteiger partial charge in [-0.05, 0) is 68.2 Å². The van der Waals surface area contributed by atoms with Crippen molar-refractivity contribution in [1.29, 1.82) is 0 Å². The summed E-state index contributed by atoms with van der Waals surface area (Å²) in [6.45, 7) is 0. The van der Waals surface area contributed by atoms with E-state index in [9.17, 15) is 4.39 Å².